The summed E-state index contributed by atoms with van der Waals surface area (Å²) in [4.78, 5) is 16.4. The second-order valence-corrected chi connectivity index (χ2v) is 12.5. The number of likely N-dealkylation sites (N-methyl/N-ethyl adjacent to an activating group) is 1. The summed E-state index contributed by atoms with van der Waals surface area (Å²) in [6.07, 6.45) is 5.68. The highest BCUT2D eigenvalue weighted by molar-refractivity contribution is 7.22. The summed E-state index contributed by atoms with van der Waals surface area (Å²) in [7, 11) is 3.85. The van der Waals surface area contributed by atoms with Gasteiger partial charge in [0.1, 0.15) is 35.1 Å². The van der Waals surface area contributed by atoms with Crippen LogP contribution >= 0.6 is 22.9 Å². The molecule has 1 aliphatic carbocycles. The van der Waals surface area contributed by atoms with Crippen molar-refractivity contribution in [2.75, 3.05) is 52.2 Å². The Balaban J connectivity index is 1.08. The van der Waals surface area contributed by atoms with Crippen LogP contribution in [0, 0.1) is 0 Å². The number of methoxy groups -OCH3 is 1. The first-order valence-electron chi connectivity index (χ1n) is 14.6. The van der Waals surface area contributed by atoms with Gasteiger partial charge in [0.2, 0.25) is 0 Å². The number of piperazine rings is 1. The van der Waals surface area contributed by atoms with Gasteiger partial charge in [0.05, 0.1) is 29.8 Å². The maximum atomic E-state index is 6.64. The zero-order chi connectivity index (χ0) is 29.3. The summed E-state index contributed by atoms with van der Waals surface area (Å²) < 4.78 is 13.4. The molecule has 2 aromatic carbocycles. The van der Waals surface area contributed by atoms with Gasteiger partial charge in [0.15, 0.2) is 0 Å². The molecule has 222 valence electrons. The molecule has 3 aromatic heterocycles. The Hall–Kier alpha value is -3.70. The molecule has 0 unspecified atom stereocenters. The van der Waals surface area contributed by atoms with Crippen molar-refractivity contribution < 1.29 is 9.47 Å². The fraction of sp³-hybridized carbons (Fsp3) is 0.344. The van der Waals surface area contributed by atoms with Gasteiger partial charge in [0.25, 0.3) is 0 Å². The molecule has 0 amide bonds. The third kappa shape index (κ3) is 5.92. The Labute approximate surface area is 260 Å². The highest BCUT2D eigenvalue weighted by atomic mass is 35.5. The van der Waals surface area contributed by atoms with Gasteiger partial charge in [-0.15, -0.1) is 11.3 Å². The van der Waals surface area contributed by atoms with Crippen LogP contribution in [0.1, 0.15) is 16.8 Å². The summed E-state index contributed by atoms with van der Waals surface area (Å²) in [5.41, 5.74) is 5.54. The molecule has 0 spiro atoms. The van der Waals surface area contributed by atoms with Crippen molar-refractivity contribution in [2.24, 2.45) is 0 Å². The average molecular weight is 616 g/mol. The number of benzene rings is 2. The lowest BCUT2D eigenvalue weighted by Crippen LogP contribution is -2.45. The number of halogens is 1. The van der Waals surface area contributed by atoms with Crippen molar-refractivity contribution in [3.05, 3.63) is 76.8 Å². The van der Waals surface area contributed by atoms with Crippen LogP contribution in [0.25, 0.3) is 20.7 Å². The van der Waals surface area contributed by atoms with Crippen LogP contribution in [-0.4, -0.2) is 76.4 Å². The maximum Gasteiger partial charge on any atom is 0.142 e. The first kappa shape index (κ1) is 28.1. The number of nitrogens with zero attached hydrogens (tertiary/aromatic N) is 6. The lowest BCUT2D eigenvalue weighted by Gasteiger charge is -2.32. The van der Waals surface area contributed by atoms with Crippen LogP contribution in [0.4, 0.5) is 11.5 Å². The number of ether oxygens (including phenoxy) is 2. The second-order valence-electron chi connectivity index (χ2n) is 11.1. The number of thiophene rings is 1. The molecule has 0 saturated carbocycles. The minimum atomic E-state index is 0.395. The van der Waals surface area contributed by atoms with E-state index in [0.29, 0.717) is 17.4 Å². The van der Waals surface area contributed by atoms with Gasteiger partial charge in [-0.05, 0) is 61.3 Å². The molecule has 5 aromatic rings. The monoisotopic (exact) mass is 615 g/mol. The smallest absolute Gasteiger partial charge is 0.142 e. The molecule has 4 heterocycles. The van der Waals surface area contributed by atoms with Crippen molar-refractivity contribution >= 4 is 44.7 Å². The second kappa shape index (κ2) is 12.1. The summed E-state index contributed by atoms with van der Waals surface area (Å²) in [5.74, 6) is 2.20. The molecule has 1 saturated heterocycles. The highest BCUT2D eigenvalue weighted by Gasteiger charge is 2.26. The van der Waals surface area contributed by atoms with E-state index in [1.807, 2.05) is 42.5 Å². The third-order valence-corrected chi connectivity index (χ3v) is 9.71. The molecule has 0 bridgehead atoms. The largest absolute Gasteiger partial charge is 0.497 e. The zero-order valence-corrected chi connectivity index (χ0v) is 25.9. The molecule has 1 aliphatic heterocycles. The summed E-state index contributed by atoms with van der Waals surface area (Å²) in [6, 6.07) is 13.5. The average Bonchev–Trinajstić information content (AvgIpc) is 3.62. The molecule has 0 atom stereocenters. The molecule has 43 heavy (non-hydrogen) atoms. The number of aryl methyl sites for hydroxylation is 2. The molecule has 7 rings (SSSR count). The summed E-state index contributed by atoms with van der Waals surface area (Å²) >= 11 is 8.36. The van der Waals surface area contributed by atoms with Crippen molar-refractivity contribution in [3.8, 4) is 21.9 Å². The molecular weight excluding hydrogens is 582 g/mol. The number of aromatic nitrogens is 4. The predicted molar refractivity (Wildman–Crippen MR) is 172 cm³/mol. The van der Waals surface area contributed by atoms with E-state index in [4.69, 9.17) is 26.2 Å². The maximum absolute atomic E-state index is 6.64. The number of nitrogens with one attached hydrogen (secondary N) is 1. The van der Waals surface area contributed by atoms with E-state index < -0.39 is 0 Å². The van der Waals surface area contributed by atoms with Crippen molar-refractivity contribution in [2.45, 2.75) is 26.0 Å². The van der Waals surface area contributed by atoms with Gasteiger partial charge < -0.3 is 19.7 Å². The van der Waals surface area contributed by atoms with Crippen LogP contribution in [0.2, 0.25) is 5.02 Å². The van der Waals surface area contributed by atoms with Gasteiger partial charge in [-0.1, -0.05) is 23.7 Å². The normalized spacial score (nSPS) is 15.3. The lowest BCUT2D eigenvalue weighted by atomic mass is 9.95. The van der Waals surface area contributed by atoms with Crippen LogP contribution in [-0.2, 0) is 26.0 Å². The van der Waals surface area contributed by atoms with Gasteiger partial charge in [-0.25, -0.2) is 9.97 Å². The summed E-state index contributed by atoms with van der Waals surface area (Å²) in [5, 5.41) is 10.1. The number of anilines is 2. The fourth-order valence-corrected chi connectivity index (χ4v) is 7.26. The number of hydrogen-bond donors (Lipinski definition) is 1. The lowest BCUT2D eigenvalue weighted by molar-refractivity contribution is 0.148. The van der Waals surface area contributed by atoms with Crippen molar-refractivity contribution in [3.63, 3.8) is 0 Å². The quantitative estimate of drug-likeness (QED) is 0.220. The number of hydrogen-bond acceptors (Lipinski definition) is 9. The fourth-order valence-electron chi connectivity index (χ4n) is 5.81. The van der Waals surface area contributed by atoms with Gasteiger partial charge in [-0.3, -0.25) is 9.58 Å². The highest BCUT2D eigenvalue weighted by Crippen LogP contribution is 2.45. The van der Waals surface area contributed by atoms with Crippen LogP contribution in [0.15, 0.2) is 55.0 Å². The minimum absolute atomic E-state index is 0.395. The van der Waals surface area contributed by atoms with Gasteiger partial charge in [-0.2, -0.15) is 5.10 Å². The number of fused-ring (bicyclic) bond motifs is 5. The van der Waals surface area contributed by atoms with E-state index in [0.717, 1.165) is 85.1 Å². The Bertz CT molecular complexity index is 1760. The molecule has 0 radical (unpaired) electrons. The van der Waals surface area contributed by atoms with E-state index in [2.05, 4.69) is 43.0 Å². The topological polar surface area (TPSA) is 80.6 Å². The Morgan fingerprint density at radius 2 is 1.91 bits per heavy atom. The third-order valence-electron chi connectivity index (χ3n) is 8.25. The van der Waals surface area contributed by atoms with E-state index in [9.17, 15) is 0 Å². The first-order valence-corrected chi connectivity index (χ1v) is 15.8. The molecule has 1 fully saturated rings. The predicted octanol–water partition coefficient (Wildman–Crippen LogP) is 5.89. The molecule has 11 heteroatoms. The van der Waals surface area contributed by atoms with E-state index in [1.54, 1.807) is 24.8 Å². The van der Waals surface area contributed by atoms with Crippen LogP contribution < -0.4 is 14.8 Å². The SMILES string of the molecule is COc1cccc(COc2ccc(Nc3ncnc4sc5c(c34)CCc3nn(CCN4CCN(C)CC4)cc3-5)cc2Cl)c1. The Morgan fingerprint density at radius 3 is 2.74 bits per heavy atom. The van der Waals surface area contributed by atoms with Crippen molar-refractivity contribution in [1.29, 1.82) is 0 Å². The Morgan fingerprint density at radius 1 is 1.02 bits per heavy atom. The molecule has 1 N–H and O–H groups in total. The Kier molecular flexibility index (Phi) is 7.92. The van der Waals surface area contributed by atoms with Gasteiger partial charge >= 0.3 is 0 Å². The summed E-state index contributed by atoms with van der Waals surface area (Å²) in [6.45, 7) is 6.84. The van der Waals surface area contributed by atoms with Crippen LogP contribution in [0.3, 0.4) is 0 Å². The van der Waals surface area contributed by atoms with Gasteiger partial charge in [0, 0.05) is 55.0 Å². The molecule has 9 nitrogen and oxygen atoms in total. The van der Waals surface area contributed by atoms with E-state index in [-0.39, 0.29) is 0 Å². The number of rotatable bonds is 9. The first-order chi connectivity index (χ1) is 21.0. The van der Waals surface area contributed by atoms with E-state index >= 15 is 0 Å². The van der Waals surface area contributed by atoms with E-state index in [1.165, 1.54) is 21.7 Å². The standard InChI is InChI=1S/C32H34ClN7O2S/c1-38-10-12-39(13-11-38)14-15-40-18-25-27(37-40)8-7-24-29-31(34-20-35-32(29)43-30(24)25)36-22-6-9-28(26(33)17-22)42-19-21-4-3-5-23(16-21)41-2/h3-6,9,16-18,20H,7-8,10-15,19H2,1-2H3,(H,34,35,36). The molecule has 2 aliphatic rings. The van der Waals surface area contributed by atoms with Crippen LogP contribution in [0.5, 0.6) is 11.5 Å². The molecular formula is C32H34ClN7O2S. The zero-order valence-electron chi connectivity index (χ0n) is 24.3. The van der Waals surface area contributed by atoms with Crippen molar-refractivity contribution in [1.82, 2.24) is 29.5 Å². The minimum Gasteiger partial charge on any atom is -0.497 e.